The van der Waals surface area contributed by atoms with E-state index in [4.69, 9.17) is 0 Å². The number of hydrogen-bond donors (Lipinski definition) is 1. The molecule has 0 amide bonds. The summed E-state index contributed by atoms with van der Waals surface area (Å²) in [4.78, 5) is 2.81. The molecule has 100 valence electrons. The van der Waals surface area contributed by atoms with Crippen LogP contribution in [0.4, 0.5) is 0 Å². The largest absolute Gasteiger partial charge is 0.320 e. The van der Waals surface area contributed by atoms with Gasteiger partial charge in [0.1, 0.15) is 0 Å². The summed E-state index contributed by atoms with van der Waals surface area (Å²) in [5.74, 6) is 1.01. The molecule has 0 bridgehead atoms. The Kier molecular flexibility index (Phi) is 5.79. The third-order valence-corrected chi connectivity index (χ3v) is 4.78. The molecule has 2 heteroatoms. The van der Waals surface area contributed by atoms with E-state index in [1.54, 1.807) is 0 Å². The summed E-state index contributed by atoms with van der Waals surface area (Å²) in [5.41, 5.74) is 0. The Balaban J connectivity index is 1.70. The molecule has 1 aliphatic carbocycles. The maximum atomic E-state index is 3.29. The van der Waals surface area contributed by atoms with Crippen molar-refractivity contribution in [3.05, 3.63) is 0 Å². The van der Waals surface area contributed by atoms with E-state index >= 15 is 0 Å². The van der Waals surface area contributed by atoms with E-state index in [0.29, 0.717) is 0 Å². The second-order valence-corrected chi connectivity index (χ2v) is 6.02. The molecule has 0 aromatic carbocycles. The fourth-order valence-electron chi connectivity index (χ4n) is 3.61. The summed E-state index contributed by atoms with van der Waals surface area (Å²) in [6, 6.07) is 0.930. The second kappa shape index (κ2) is 7.38. The molecule has 2 fully saturated rings. The molecule has 0 atom stereocenters. The van der Waals surface area contributed by atoms with Crippen LogP contribution < -0.4 is 5.32 Å². The van der Waals surface area contributed by atoms with Crippen molar-refractivity contribution in [2.24, 2.45) is 5.92 Å². The molecule has 2 aliphatic rings. The molecule has 1 saturated carbocycles. The highest BCUT2D eigenvalue weighted by Gasteiger charge is 2.25. The topological polar surface area (TPSA) is 15.3 Å². The number of nitrogens with one attached hydrogen (secondary N) is 1. The average Bonchev–Trinajstić information content (AvgIpc) is 2.66. The average molecular weight is 238 g/mol. The maximum absolute atomic E-state index is 3.29. The molecule has 0 aromatic rings. The zero-order valence-corrected chi connectivity index (χ0v) is 11.6. The number of rotatable bonds is 4. The normalized spacial score (nSPS) is 32.3. The molecule has 1 saturated heterocycles. The molecular formula is C15H30N2. The van der Waals surface area contributed by atoms with Crippen LogP contribution in [0.15, 0.2) is 0 Å². The summed E-state index contributed by atoms with van der Waals surface area (Å²) in [7, 11) is 2.07. The fourth-order valence-corrected chi connectivity index (χ4v) is 3.61. The Bertz CT molecular complexity index is 189. The maximum Gasteiger partial charge on any atom is 0.00954 e. The molecule has 0 spiro atoms. The minimum Gasteiger partial charge on any atom is -0.320 e. The Hall–Kier alpha value is -0.0800. The Morgan fingerprint density at radius 1 is 0.941 bits per heavy atom. The lowest BCUT2D eigenvalue weighted by atomic mass is 9.83. The monoisotopic (exact) mass is 238 g/mol. The van der Waals surface area contributed by atoms with E-state index in [2.05, 4.69) is 17.3 Å². The van der Waals surface area contributed by atoms with Gasteiger partial charge in [0.05, 0.1) is 0 Å². The van der Waals surface area contributed by atoms with E-state index in [0.717, 1.165) is 12.0 Å². The van der Waals surface area contributed by atoms with Crippen molar-refractivity contribution in [1.29, 1.82) is 0 Å². The second-order valence-electron chi connectivity index (χ2n) is 6.02. The SMILES string of the molecule is CNCCC1CCC(N2CCCCCC2)CC1. The summed E-state index contributed by atoms with van der Waals surface area (Å²) in [5, 5.41) is 3.29. The number of likely N-dealkylation sites (tertiary alicyclic amines) is 1. The Morgan fingerprint density at radius 2 is 1.59 bits per heavy atom. The van der Waals surface area contributed by atoms with Gasteiger partial charge in [0.15, 0.2) is 0 Å². The smallest absolute Gasteiger partial charge is 0.00954 e. The quantitative estimate of drug-likeness (QED) is 0.810. The lowest BCUT2D eigenvalue weighted by Crippen LogP contribution is -2.39. The summed E-state index contributed by atoms with van der Waals surface area (Å²) in [6.45, 7) is 3.97. The van der Waals surface area contributed by atoms with Gasteiger partial charge in [-0.3, -0.25) is 0 Å². The zero-order valence-electron chi connectivity index (χ0n) is 11.6. The van der Waals surface area contributed by atoms with Crippen molar-refractivity contribution in [2.45, 2.75) is 63.8 Å². The van der Waals surface area contributed by atoms with Gasteiger partial charge in [0.2, 0.25) is 0 Å². The van der Waals surface area contributed by atoms with Gasteiger partial charge in [-0.25, -0.2) is 0 Å². The van der Waals surface area contributed by atoms with Crippen LogP contribution in [0.1, 0.15) is 57.8 Å². The van der Waals surface area contributed by atoms with Crippen LogP contribution >= 0.6 is 0 Å². The van der Waals surface area contributed by atoms with Crippen LogP contribution in [0.5, 0.6) is 0 Å². The van der Waals surface area contributed by atoms with Gasteiger partial charge in [0.25, 0.3) is 0 Å². The van der Waals surface area contributed by atoms with Crippen molar-refractivity contribution >= 4 is 0 Å². The summed E-state index contributed by atoms with van der Waals surface area (Å²) >= 11 is 0. The molecule has 0 unspecified atom stereocenters. The van der Waals surface area contributed by atoms with Gasteiger partial charge in [-0.15, -0.1) is 0 Å². The van der Waals surface area contributed by atoms with Gasteiger partial charge in [-0.05, 0) is 77.5 Å². The van der Waals surface area contributed by atoms with Gasteiger partial charge >= 0.3 is 0 Å². The van der Waals surface area contributed by atoms with E-state index in [1.807, 2.05) is 0 Å². The molecule has 1 N–H and O–H groups in total. The van der Waals surface area contributed by atoms with E-state index in [9.17, 15) is 0 Å². The highest BCUT2D eigenvalue weighted by atomic mass is 15.2. The molecule has 2 rings (SSSR count). The van der Waals surface area contributed by atoms with Crippen molar-refractivity contribution in [2.75, 3.05) is 26.7 Å². The third kappa shape index (κ3) is 4.26. The standard InChI is InChI=1S/C15H30N2/c1-16-11-10-14-6-8-15(9-7-14)17-12-4-2-3-5-13-17/h14-16H,2-13H2,1H3. The molecule has 1 heterocycles. The van der Waals surface area contributed by atoms with E-state index in [1.165, 1.54) is 77.4 Å². The van der Waals surface area contributed by atoms with Crippen LogP contribution in [0.3, 0.4) is 0 Å². The van der Waals surface area contributed by atoms with Crippen molar-refractivity contribution in [3.8, 4) is 0 Å². The first kappa shape index (κ1) is 13.4. The molecule has 0 aromatic heterocycles. The van der Waals surface area contributed by atoms with Crippen LogP contribution in [0, 0.1) is 5.92 Å². The highest BCUT2D eigenvalue weighted by Crippen LogP contribution is 2.30. The van der Waals surface area contributed by atoms with Crippen LogP contribution in [0.2, 0.25) is 0 Å². The summed E-state index contributed by atoms with van der Waals surface area (Å²) < 4.78 is 0. The molecule has 0 radical (unpaired) electrons. The first-order valence-electron chi connectivity index (χ1n) is 7.79. The zero-order chi connectivity index (χ0) is 11.9. The van der Waals surface area contributed by atoms with Crippen molar-refractivity contribution in [1.82, 2.24) is 10.2 Å². The Morgan fingerprint density at radius 3 is 2.18 bits per heavy atom. The van der Waals surface area contributed by atoms with Gasteiger partial charge < -0.3 is 10.2 Å². The number of nitrogens with zero attached hydrogens (tertiary/aromatic N) is 1. The molecule has 17 heavy (non-hydrogen) atoms. The molecule has 2 nitrogen and oxygen atoms in total. The van der Waals surface area contributed by atoms with Crippen LogP contribution in [-0.4, -0.2) is 37.6 Å². The predicted octanol–water partition coefficient (Wildman–Crippen LogP) is 3.03. The van der Waals surface area contributed by atoms with E-state index in [-0.39, 0.29) is 0 Å². The first-order valence-corrected chi connectivity index (χ1v) is 7.79. The van der Waals surface area contributed by atoms with Crippen LogP contribution in [0.25, 0.3) is 0 Å². The van der Waals surface area contributed by atoms with E-state index < -0.39 is 0 Å². The van der Waals surface area contributed by atoms with Crippen molar-refractivity contribution in [3.63, 3.8) is 0 Å². The van der Waals surface area contributed by atoms with Crippen molar-refractivity contribution < 1.29 is 0 Å². The lowest BCUT2D eigenvalue weighted by molar-refractivity contribution is 0.138. The van der Waals surface area contributed by atoms with Crippen LogP contribution in [-0.2, 0) is 0 Å². The number of hydrogen-bond acceptors (Lipinski definition) is 2. The van der Waals surface area contributed by atoms with Gasteiger partial charge in [-0.2, -0.15) is 0 Å². The lowest BCUT2D eigenvalue weighted by Gasteiger charge is -2.36. The fraction of sp³-hybridized carbons (Fsp3) is 1.00. The highest BCUT2D eigenvalue weighted by molar-refractivity contribution is 4.81. The first-order chi connectivity index (χ1) is 8.40. The summed E-state index contributed by atoms with van der Waals surface area (Å²) in [6.07, 6.45) is 13.1. The van der Waals surface area contributed by atoms with Gasteiger partial charge in [0, 0.05) is 6.04 Å². The third-order valence-electron chi connectivity index (χ3n) is 4.78. The molecular weight excluding hydrogens is 208 g/mol. The Labute approximate surface area is 107 Å². The van der Waals surface area contributed by atoms with Gasteiger partial charge in [-0.1, -0.05) is 12.8 Å². The minimum atomic E-state index is 0.930. The minimum absolute atomic E-state index is 0.930. The predicted molar refractivity (Wildman–Crippen MR) is 74.3 cm³/mol. The molecule has 1 aliphatic heterocycles.